The minimum absolute atomic E-state index is 0.0830. The van der Waals surface area contributed by atoms with Crippen molar-refractivity contribution in [3.05, 3.63) is 65.9 Å². The second-order valence-corrected chi connectivity index (χ2v) is 11.1. The third-order valence-corrected chi connectivity index (χ3v) is 7.50. The van der Waals surface area contributed by atoms with Crippen LogP contribution in [0.2, 0.25) is 0 Å². The summed E-state index contributed by atoms with van der Waals surface area (Å²) in [6, 6.07) is 11.5. The lowest BCUT2D eigenvalue weighted by Crippen LogP contribution is -2.48. The Hall–Kier alpha value is -4.40. The van der Waals surface area contributed by atoms with E-state index in [1.807, 2.05) is 11.6 Å². The highest BCUT2D eigenvalue weighted by Crippen LogP contribution is 2.33. The number of carbonyl (C=O) groups is 2. The maximum atomic E-state index is 13.5. The molecule has 0 radical (unpaired) electrons. The van der Waals surface area contributed by atoms with E-state index < -0.39 is 39.7 Å². The number of aromatic nitrogens is 2. The number of benzene rings is 2. The molecule has 15 heteroatoms. The molecule has 1 atom stereocenters. The Morgan fingerprint density at radius 3 is 2.26 bits per heavy atom. The zero-order valence-electron chi connectivity index (χ0n) is 23.0. The second kappa shape index (κ2) is 13.5. The number of rotatable bonds is 12. The highest BCUT2D eigenvalue weighted by atomic mass is 32.2. The zero-order chi connectivity index (χ0) is 31.1. The molecule has 0 aliphatic rings. The summed E-state index contributed by atoms with van der Waals surface area (Å²) in [7, 11) is -4.39. The van der Waals surface area contributed by atoms with E-state index in [9.17, 15) is 31.2 Å². The van der Waals surface area contributed by atoms with Crippen LogP contribution in [0.15, 0.2) is 64.5 Å². The second-order valence-electron chi connectivity index (χ2n) is 9.43. The van der Waals surface area contributed by atoms with Crippen molar-refractivity contribution in [1.82, 2.24) is 19.8 Å². The molecule has 2 amide bonds. The average molecular weight is 608 g/mol. The van der Waals surface area contributed by atoms with E-state index in [1.165, 1.54) is 12.1 Å². The summed E-state index contributed by atoms with van der Waals surface area (Å²) < 4.78 is 69.5. The molecule has 2 aromatic carbocycles. The quantitative estimate of drug-likeness (QED) is 0.139. The average Bonchev–Trinajstić information content (AvgIpc) is 3.38. The first-order valence-corrected chi connectivity index (χ1v) is 14.5. The number of alkyl halides is 3. The Balaban J connectivity index is 1.83. The Bertz CT molecular complexity index is 1530. The fourth-order valence-electron chi connectivity index (χ4n) is 3.91. The van der Waals surface area contributed by atoms with E-state index in [2.05, 4.69) is 15.4 Å². The minimum atomic E-state index is -4.70. The van der Waals surface area contributed by atoms with Crippen LogP contribution in [-0.4, -0.2) is 48.6 Å². The van der Waals surface area contributed by atoms with Gasteiger partial charge in [0.05, 0.1) is 16.3 Å². The standard InChI is InChI=1S/C27H32F3N7O4S/c1-3-24(38)34-21(6-4-5-15-33-26(31)32)25(39)36-42(40,41)20-13-11-19(12-14-20)37-22(16-23(35-37)27(28,29)30)18-9-7-17(2)8-10-18/h7-14,16,21H,3-6,15H2,1-2H3,(H,34,38)(H,36,39)(H4,31,32,33)/t21-/m0/s1. The van der Waals surface area contributed by atoms with E-state index in [0.717, 1.165) is 28.4 Å². The van der Waals surface area contributed by atoms with Gasteiger partial charge < -0.3 is 16.8 Å². The van der Waals surface area contributed by atoms with Crippen molar-refractivity contribution in [2.75, 3.05) is 6.54 Å². The van der Waals surface area contributed by atoms with Gasteiger partial charge in [-0.3, -0.25) is 14.6 Å². The van der Waals surface area contributed by atoms with Gasteiger partial charge >= 0.3 is 6.18 Å². The third kappa shape index (κ3) is 8.55. The predicted molar refractivity (Wildman–Crippen MR) is 151 cm³/mol. The summed E-state index contributed by atoms with van der Waals surface area (Å²) in [4.78, 5) is 28.3. The first-order valence-electron chi connectivity index (χ1n) is 13.0. The van der Waals surface area contributed by atoms with Gasteiger partial charge in [-0.1, -0.05) is 36.8 Å². The predicted octanol–water partition coefficient (Wildman–Crippen LogP) is 3.01. The first-order chi connectivity index (χ1) is 19.7. The number of nitrogens with one attached hydrogen (secondary N) is 2. The smallest absolute Gasteiger partial charge is 0.370 e. The lowest BCUT2D eigenvalue weighted by atomic mass is 10.1. The monoisotopic (exact) mass is 607 g/mol. The van der Waals surface area contributed by atoms with Crippen molar-refractivity contribution in [3.8, 4) is 16.9 Å². The van der Waals surface area contributed by atoms with Gasteiger partial charge in [0.15, 0.2) is 11.7 Å². The molecule has 3 aromatic rings. The molecule has 11 nitrogen and oxygen atoms in total. The van der Waals surface area contributed by atoms with Gasteiger partial charge in [0.25, 0.3) is 15.9 Å². The Labute approximate surface area is 241 Å². The van der Waals surface area contributed by atoms with Crippen molar-refractivity contribution in [2.24, 2.45) is 16.5 Å². The molecule has 0 aliphatic carbocycles. The van der Waals surface area contributed by atoms with Crippen LogP contribution in [0.5, 0.6) is 0 Å². The molecule has 42 heavy (non-hydrogen) atoms. The maximum Gasteiger partial charge on any atom is 0.435 e. The number of aliphatic imine (C=N–C) groups is 1. The van der Waals surface area contributed by atoms with Crippen LogP contribution in [0.4, 0.5) is 13.2 Å². The van der Waals surface area contributed by atoms with Crippen LogP contribution in [-0.2, 0) is 25.8 Å². The fraction of sp³-hybridized carbons (Fsp3) is 0.333. The van der Waals surface area contributed by atoms with Gasteiger partial charge in [-0.25, -0.2) is 17.8 Å². The summed E-state index contributed by atoms with van der Waals surface area (Å²) in [5, 5.41) is 6.22. The Morgan fingerprint density at radius 2 is 1.69 bits per heavy atom. The molecule has 6 N–H and O–H groups in total. The van der Waals surface area contributed by atoms with Crippen LogP contribution in [0.3, 0.4) is 0 Å². The number of nitrogens with two attached hydrogens (primary N) is 2. The molecule has 0 spiro atoms. The minimum Gasteiger partial charge on any atom is -0.370 e. The van der Waals surface area contributed by atoms with E-state index in [-0.39, 0.29) is 35.1 Å². The van der Waals surface area contributed by atoms with Gasteiger partial charge in [-0.05, 0) is 56.5 Å². The highest BCUT2D eigenvalue weighted by molar-refractivity contribution is 7.90. The molecular weight excluding hydrogens is 575 g/mol. The summed E-state index contributed by atoms with van der Waals surface area (Å²) in [5.74, 6) is -1.46. The lowest BCUT2D eigenvalue weighted by Gasteiger charge is -2.18. The Morgan fingerprint density at radius 1 is 1.05 bits per heavy atom. The number of halogens is 3. The number of guanidine groups is 1. The molecule has 1 aromatic heterocycles. The SMILES string of the molecule is CCC(=O)N[C@@H](CCCCN=C(N)N)C(=O)NS(=O)(=O)c1ccc(-n2nc(C(F)(F)F)cc2-c2ccc(C)cc2)cc1. The van der Waals surface area contributed by atoms with Crippen molar-refractivity contribution in [1.29, 1.82) is 0 Å². The number of aryl methyl sites for hydroxylation is 1. The van der Waals surface area contributed by atoms with Crippen LogP contribution < -0.4 is 21.5 Å². The van der Waals surface area contributed by atoms with Gasteiger partial charge in [-0.15, -0.1) is 0 Å². The summed E-state index contributed by atoms with van der Waals surface area (Å²) in [5.41, 5.74) is 11.2. The van der Waals surface area contributed by atoms with Gasteiger partial charge in [-0.2, -0.15) is 18.3 Å². The normalized spacial score (nSPS) is 12.4. The van der Waals surface area contributed by atoms with Crippen LogP contribution in [0.25, 0.3) is 16.9 Å². The Kier molecular flexibility index (Phi) is 10.3. The highest BCUT2D eigenvalue weighted by Gasteiger charge is 2.35. The molecule has 0 saturated carbocycles. The van der Waals surface area contributed by atoms with Gasteiger partial charge in [0, 0.05) is 18.5 Å². The number of unbranched alkanes of at least 4 members (excludes halogenated alkanes) is 1. The number of sulfonamides is 1. The molecule has 226 valence electrons. The molecular formula is C27H32F3N7O4S. The molecule has 3 rings (SSSR count). The van der Waals surface area contributed by atoms with Gasteiger partial charge in [0.2, 0.25) is 5.91 Å². The van der Waals surface area contributed by atoms with Crippen molar-refractivity contribution in [3.63, 3.8) is 0 Å². The molecule has 0 saturated heterocycles. The van der Waals surface area contributed by atoms with E-state index in [1.54, 1.807) is 31.2 Å². The zero-order valence-corrected chi connectivity index (χ0v) is 23.8. The van der Waals surface area contributed by atoms with E-state index in [0.29, 0.717) is 24.9 Å². The van der Waals surface area contributed by atoms with Crippen LogP contribution in [0.1, 0.15) is 43.9 Å². The fourth-order valence-corrected chi connectivity index (χ4v) is 4.93. The number of carbonyl (C=O) groups excluding carboxylic acids is 2. The lowest BCUT2D eigenvalue weighted by molar-refractivity contribution is -0.141. The molecule has 0 aliphatic heterocycles. The summed E-state index contributed by atoms with van der Waals surface area (Å²) >= 11 is 0. The number of hydrogen-bond acceptors (Lipinski definition) is 6. The van der Waals surface area contributed by atoms with Crippen LogP contribution >= 0.6 is 0 Å². The van der Waals surface area contributed by atoms with Crippen LogP contribution in [0, 0.1) is 6.92 Å². The molecule has 1 heterocycles. The van der Waals surface area contributed by atoms with Crippen molar-refractivity contribution < 1.29 is 31.2 Å². The van der Waals surface area contributed by atoms with Crippen molar-refractivity contribution >= 4 is 27.8 Å². The first kappa shape index (κ1) is 32.1. The third-order valence-electron chi connectivity index (χ3n) is 6.14. The summed E-state index contributed by atoms with van der Waals surface area (Å²) in [6.07, 6.45) is -3.58. The molecule has 0 fully saturated rings. The largest absolute Gasteiger partial charge is 0.435 e. The van der Waals surface area contributed by atoms with Gasteiger partial charge in [0.1, 0.15) is 6.04 Å². The topological polar surface area (TPSA) is 175 Å². The number of hydrogen-bond donors (Lipinski definition) is 4. The molecule has 0 unspecified atom stereocenters. The summed E-state index contributed by atoms with van der Waals surface area (Å²) in [6.45, 7) is 3.73. The van der Waals surface area contributed by atoms with Crippen molar-refractivity contribution in [2.45, 2.75) is 56.6 Å². The maximum absolute atomic E-state index is 13.5. The number of amides is 2. The van der Waals surface area contributed by atoms with E-state index >= 15 is 0 Å². The molecule has 0 bridgehead atoms. The number of nitrogens with zero attached hydrogens (tertiary/aromatic N) is 3. The van der Waals surface area contributed by atoms with E-state index in [4.69, 9.17) is 11.5 Å².